The van der Waals surface area contributed by atoms with Crippen molar-refractivity contribution < 1.29 is 14.7 Å². The number of hydrogen-bond donors (Lipinski definition) is 3. The van der Waals surface area contributed by atoms with E-state index in [2.05, 4.69) is 11.9 Å². The van der Waals surface area contributed by atoms with Gasteiger partial charge in [0.15, 0.2) is 0 Å². The van der Waals surface area contributed by atoms with Crippen LogP contribution in [0, 0.1) is 0 Å². The van der Waals surface area contributed by atoms with Gasteiger partial charge in [0, 0.05) is 13.1 Å². The smallest absolute Gasteiger partial charge is 0.312 e. The summed E-state index contributed by atoms with van der Waals surface area (Å²) in [7, 11) is 0. The highest BCUT2D eigenvalue weighted by Gasteiger charge is 2.23. The van der Waals surface area contributed by atoms with Crippen LogP contribution in [0.25, 0.3) is 0 Å². The third-order valence-corrected chi connectivity index (χ3v) is 2.90. The Hall–Kier alpha value is -1.21. The van der Waals surface area contributed by atoms with E-state index >= 15 is 0 Å². The number of nitrogens with two attached hydrogens (primary N) is 1. The van der Waals surface area contributed by atoms with E-state index in [0.29, 0.717) is 13.0 Å². The molecule has 0 spiro atoms. The van der Waals surface area contributed by atoms with Crippen molar-refractivity contribution in [3.05, 3.63) is 12.7 Å². The van der Waals surface area contributed by atoms with Gasteiger partial charge in [0.25, 0.3) is 0 Å². The van der Waals surface area contributed by atoms with Crippen molar-refractivity contribution in [1.82, 2.24) is 10.2 Å². The van der Waals surface area contributed by atoms with Crippen molar-refractivity contribution in [2.24, 2.45) is 5.73 Å². The van der Waals surface area contributed by atoms with E-state index in [9.17, 15) is 9.59 Å². The SMILES string of the molecule is C=CCN(CCO)C(=O)C(CCSC)NC(N)=O. The lowest BCUT2D eigenvalue weighted by Crippen LogP contribution is -2.51. The largest absolute Gasteiger partial charge is 0.395 e. The second kappa shape index (κ2) is 9.78. The number of urea groups is 1. The Bertz CT molecular complexity index is 287. The Balaban J connectivity index is 4.65. The van der Waals surface area contributed by atoms with Gasteiger partial charge in [0.2, 0.25) is 5.91 Å². The molecule has 104 valence electrons. The minimum Gasteiger partial charge on any atom is -0.395 e. The lowest BCUT2D eigenvalue weighted by atomic mass is 10.2. The molecule has 0 rings (SSSR count). The lowest BCUT2D eigenvalue weighted by Gasteiger charge is -2.25. The van der Waals surface area contributed by atoms with Crippen LogP contribution in [0.1, 0.15) is 6.42 Å². The summed E-state index contributed by atoms with van der Waals surface area (Å²) in [4.78, 5) is 24.5. The summed E-state index contributed by atoms with van der Waals surface area (Å²) in [6.45, 7) is 3.96. The third kappa shape index (κ3) is 6.51. The molecule has 4 N–H and O–H groups in total. The van der Waals surface area contributed by atoms with Crippen LogP contribution in [-0.2, 0) is 4.79 Å². The molecule has 0 aromatic carbocycles. The van der Waals surface area contributed by atoms with Gasteiger partial charge in [-0.3, -0.25) is 4.79 Å². The highest BCUT2D eigenvalue weighted by atomic mass is 32.2. The van der Waals surface area contributed by atoms with E-state index in [-0.39, 0.29) is 19.1 Å². The van der Waals surface area contributed by atoms with Crippen LogP contribution in [-0.4, -0.2) is 59.7 Å². The summed E-state index contributed by atoms with van der Waals surface area (Å²) in [5.41, 5.74) is 5.05. The highest BCUT2D eigenvalue weighted by Crippen LogP contribution is 2.05. The number of primary amides is 1. The van der Waals surface area contributed by atoms with Gasteiger partial charge in [-0.05, 0) is 18.4 Å². The summed E-state index contributed by atoms with van der Waals surface area (Å²) in [5, 5.41) is 11.3. The molecule has 0 aromatic heterocycles. The highest BCUT2D eigenvalue weighted by molar-refractivity contribution is 7.98. The van der Waals surface area contributed by atoms with Crippen LogP contribution in [0.4, 0.5) is 4.79 Å². The molecule has 0 aromatic rings. The molecule has 0 fully saturated rings. The fraction of sp³-hybridized carbons (Fsp3) is 0.636. The molecule has 1 atom stereocenters. The summed E-state index contributed by atoms with van der Waals surface area (Å²) >= 11 is 1.58. The van der Waals surface area contributed by atoms with Crippen molar-refractivity contribution in [2.75, 3.05) is 31.7 Å². The fourth-order valence-electron chi connectivity index (χ4n) is 1.45. The van der Waals surface area contributed by atoms with Crippen molar-refractivity contribution >= 4 is 23.7 Å². The maximum atomic E-state index is 12.2. The van der Waals surface area contributed by atoms with Crippen molar-refractivity contribution in [2.45, 2.75) is 12.5 Å². The molecule has 18 heavy (non-hydrogen) atoms. The van der Waals surface area contributed by atoms with Gasteiger partial charge < -0.3 is 21.1 Å². The zero-order valence-electron chi connectivity index (χ0n) is 10.6. The summed E-state index contributed by atoms with van der Waals surface area (Å²) in [6, 6.07) is -1.38. The number of carbonyl (C=O) groups is 2. The van der Waals surface area contributed by atoms with Gasteiger partial charge in [0.1, 0.15) is 6.04 Å². The lowest BCUT2D eigenvalue weighted by molar-refractivity contribution is -0.133. The number of nitrogens with zero attached hydrogens (tertiary/aromatic N) is 1. The Labute approximate surface area is 112 Å². The van der Waals surface area contributed by atoms with Crippen molar-refractivity contribution in [1.29, 1.82) is 0 Å². The molecular formula is C11H21N3O3S. The Morgan fingerprint density at radius 3 is 2.72 bits per heavy atom. The van der Waals surface area contributed by atoms with Gasteiger partial charge in [0.05, 0.1) is 6.61 Å². The fourth-order valence-corrected chi connectivity index (χ4v) is 1.92. The molecule has 0 bridgehead atoms. The molecule has 0 heterocycles. The molecule has 7 heteroatoms. The van der Waals surface area contributed by atoms with E-state index in [1.807, 2.05) is 6.26 Å². The second-order valence-electron chi connectivity index (χ2n) is 3.64. The normalized spacial score (nSPS) is 11.7. The number of aliphatic hydroxyl groups is 1. The maximum Gasteiger partial charge on any atom is 0.312 e. The first-order valence-electron chi connectivity index (χ1n) is 5.62. The van der Waals surface area contributed by atoms with Gasteiger partial charge in [-0.1, -0.05) is 6.08 Å². The van der Waals surface area contributed by atoms with E-state index < -0.39 is 12.1 Å². The Morgan fingerprint density at radius 2 is 2.28 bits per heavy atom. The first-order valence-corrected chi connectivity index (χ1v) is 7.01. The van der Waals surface area contributed by atoms with Crippen molar-refractivity contribution in [3.63, 3.8) is 0 Å². The third-order valence-electron chi connectivity index (χ3n) is 2.26. The number of rotatable bonds is 9. The second-order valence-corrected chi connectivity index (χ2v) is 4.62. The van der Waals surface area contributed by atoms with E-state index in [0.717, 1.165) is 5.75 Å². The average molecular weight is 275 g/mol. The molecule has 0 radical (unpaired) electrons. The number of aliphatic hydroxyl groups excluding tert-OH is 1. The molecule has 3 amide bonds. The monoisotopic (exact) mass is 275 g/mol. The van der Waals surface area contributed by atoms with Gasteiger partial charge in [-0.25, -0.2) is 4.79 Å². The van der Waals surface area contributed by atoms with Crippen LogP contribution in [0.15, 0.2) is 12.7 Å². The first kappa shape index (κ1) is 16.8. The van der Waals surface area contributed by atoms with E-state index in [4.69, 9.17) is 10.8 Å². The number of hydrogen-bond acceptors (Lipinski definition) is 4. The number of thioether (sulfide) groups is 1. The van der Waals surface area contributed by atoms with E-state index in [1.54, 1.807) is 17.8 Å². The predicted molar refractivity (Wildman–Crippen MR) is 73.4 cm³/mol. The number of amides is 3. The molecule has 0 aliphatic rings. The Morgan fingerprint density at radius 1 is 1.61 bits per heavy atom. The number of nitrogens with one attached hydrogen (secondary N) is 1. The Kier molecular flexibility index (Phi) is 9.13. The molecular weight excluding hydrogens is 254 g/mol. The average Bonchev–Trinajstić information content (AvgIpc) is 2.33. The van der Waals surface area contributed by atoms with E-state index in [1.165, 1.54) is 4.90 Å². The van der Waals surface area contributed by atoms with Crippen LogP contribution in [0.5, 0.6) is 0 Å². The van der Waals surface area contributed by atoms with Crippen LogP contribution in [0.3, 0.4) is 0 Å². The molecule has 0 aliphatic heterocycles. The molecule has 0 saturated heterocycles. The summed E-state index contributed by atoms with van der Waals surface area (Å²) in [6.07, 6.45) is 3.99. The minimum atomic E-state index is -0.725. The number of carbonyl (C=O) groups excluding carboxylic acids is 2. The zero-order valence-corrected chi connectivity index (χ0v) is 11.4. The van der Waals surface area contributed by atoms with Gasteiger partial charge in [-0.2, -0.15) is 11.8 Å². The van der Waals surface area contributed by atoms with Crippen LogP contribution < -0.4 is 11.1 Å². The maximum absolute atomic E-state index is 12.2. The molecule has 0 aliphatic carbocycles. The predicted octanol–water partition coefficient (Wildman–Crippen LogP) is -0.217. The summed E-state index contributed by atoms with van der Waals surface area (Å²) < 4.78 is 0. The quantitative estimate of drug-likeness (QED) is 0.507. The minimum absolute atomic E-state index is 0.134. The molecule has 6 nitrogen and oxygen atoms in total. The standard InChI is InChI=1S/C11H21N3O3S/c1-3-5-14(6-7-15)10(16)9(4-8-18-2)13-11(12)17/h3,9,15H,1,4-8H2,2H3,(H3,12,13,17). The van der Waals surface area contributed by atoms with Crippen molar-refractivity contribution in [3.8, 4) is 0 Å². The molecule has 1 unspecified atom stereocenters. The van der Waals surface area contributed by atoms with Crippen LogP contribution >= 0.6 is 11.8 Å². The summed E-state index contributed by atoms with van der Waals surface area (Å²) in [5.74, 6) is 0.481. The van der Waals surface area contributed by atoms with Crippen LogP contribution in [0.2, 0.25) is 0 Å². The topological polar surface area (TPSA) is 95.7 Å². The van der Waals surface area contributed by atoms with Gasteiger partial charge in [-0.15, -0.1) is 6.58 Å². The zero-order chi connectivity index (χ0) is 14.0. The molecule has 0 saturated carbocycles. The first-order chi connectivity index (χ1) is 8.56. The van der Waals surface area contributed by atoms with Gasteiger partial charge >= 0.3 is 6.03 Å².